The molecule has 0 spiro atoms. The summed E-state index contributed by atoms with van der Waals surface area (Å²) in [7, 11) is 0. The van der Waals surface area contributed by atoms with Crippen molar-refractivity contribution in [2.24, 2.45) is 0 Å². The summed E-state index contributed by atoms with van der Waals surface area (Å²) in [5.41, 5.74) is 2.00. The molecule has 0 bridgehead atoms. The molecule has 0 amide bonds. The zero-order chi connectivity index (χ0) is 14.7. The molecule has 4 heteroatoms. The molecule has 2 aromatic rings. The van der Waals surface area contributed by atoms with Gasteiger partial charge in [0, 0.05) is 27.4 Å². The van der Waals surface area contributed by atoms with Crippen LogP contribution in [0.4, 0.5) is 0 Å². The van der Waals surface area contributed by atoms with E-state index in [4.69, 9.17) is 9.47 Å². The van der Waals surface area contributed by atoms with Crippen LogP contribution in [0.25, 0.3) is 0 Å². The summed E-state index contributed by atoms with van der Waals surface area (Å²) in [6.07, 6.45) is 0.812. The molecule has 1 aliphatic rings. The molecular formula is C17H15BrO2S. The highest BCUT2D eigenvalue weighted by Gasteiger charge is 2.37. The monoisotopic (exact) mass is 362 g/mol. The van der Waals surface area contributed by atoms with E-state index in [1.807, 2.05) is 24.3 Å². The summed E-state index contributed by atoms with van der Waals surface area (Å²) in [5.74, 6) is 5.83. The standard InChI is InChI=1S/C17H15BrO2S/c1-2-17(19-8-9-20-17)16-11-14(12-21-16)7-6-13-4-3-5-15(18)10-13/h3-5,10-12H,2,8-9H2,1H3. The third kappa shape index (κ3) is 3.22. The first-order chi connectivity index (χ1) is 10.2. The quantitative estimate of drug-likeness (QED) is 0.731. The van der Waals surface area contributed by atoms with Crippen molar-refractivity contribution in [3.63, 3.8) is 0 Å². The first kappa shape index (κ1) is 14.8. The molecule has 2 nitrogen and oxygen atoms in total. The summed E-state index contributed by atoms with van der Waals surface area (Å²) in [5, 5.41) is 2.06. The van der Waals surface area contributed by atoms with E-state index < -0.39 is 5.79 Å². The van der Waals surface area contributed by atoms with E-state index in [0.717, 1.165) is 26.9 Å². The third-order valence-corrected chi connectivity index (χ3v) is 4.92. The highest BCUT2D eigenvalue weighted by molar-refractivity contribution is 9.10. The Labute approximate surface area is 137 Å². The van der Waals surface area contributed by atoms with Gasteiger partial charge in [0.05, 0.1) is 18.1 Å². The molecule has 0 aliphatic carbocycles. The molecule has 108 valence electrons. The van der Waals surface area contributed by atoms with E-state index in [2.05, 4.69) is 46.1 Å². The van der Waals surface area contributed by atoms with Gasteiger partial charge in [-0.25, -0.2) is 0 Å². The van der Waals surface area contributed by atoms with Crippen molar-refractivity contribution >= 4 is 27.3 Å². The number of rotatable bonds is 2. The molecular weight excluding hydrogens is 348 g/mol. The topological polar surface area (TPSA) is 18.5 Å². The molecule has 1 fully saturated rings. The van der Waals surface area contributed by atoms with E-state index >= 15 is 0 Å². The van der Waals surface area contributed by atoms with Crippen molar-refractivity contribution in [2.75, 3.05) is 13.2 Å². The lowest BCUT2D eigenvalue weighted by Gasteiger charge is -2.24. The Morgan fingerprint density at radius 2 is 1.95 bits per heavy atom. The zero-order valence-corrected chi connectivity index (χ0v) is 14.1. The van der Waals surface area contributed by atoms with Crippen LogP contribution in [0.15, 0.2) is 40.2 Å². The molecule has 0 atom stereocenters. The van der Waals surface area contributed by atoms with Gasteiger partial charge >= 0.3 is 0 Å². The summed E-state index contributed by atoms with van der Waals surface area (Å²) in [4.78, 5) is 1.10. The van der Waals surface area contributed by atoms with E-state index in [0.29, 0.717) is 13.2 Å². The molecule has 21 heavy (non-hydrogen) atoms. The number of hydrogen-bond donors (Lipinski definition) is 0. The number of hydrogen-bond acceptors (Lipinski definition) is 3. The van der Waals surface area contributed by atoms with Gasteiger partial charge in [0.15, 0.2) is 0 Å². The van der Waals surface area contributed by atoms with Gasteiger partial charge in [0.1, 0.15) is 0 Å². The van der Waals surface area contributed by atoms with Crippen LogP contribution in [-0.2, 0) is 15.3 Å². The van der Waals surface area contributed by atoms with Crippen molar-refractivity contribution in [1.82, 2.24) is 0 Å². The fourth-order valence-corrected chi connectivity index (χ4v) is 3.70. The van der Waals surface area contributed by atoms with Crippen LogP contribution < -0.4 is 0 Å². The molecule has 0 radical (unpaired) electrons. The number of benzene rings is 1. The van der Waals surface area contributed by atoms with Gasteiger partial charge in [0.25, 0.3) is 0 Å². The minimum absolute atomic E-state index is 0.555. The maximum Gasteiger partial charge on any atom is 0.204 e. The van der Waals surface area contributed by atoms with Gasteiger partial charge in [-0.15, -0.1) is 11.3 Å². The van der Waals surface area contributed by atoms with Crippen molar-refractivity contribution in [3.8, 4) is 11.8 Å². The molecule has 1 aliphatic heterocycles. The average Bonchev–Trinajstić information content (AvgIpc) is 3.15. The van der Waals surface area contributed by atoms with Gasteiger partial charge in [-0.2, -0.15) is 0 Å². The first-order valence-electron chi connectivity index (χ1n) is 6.86. The van der Waals surface area contributed by atoms with Crippen molar-refractivity contribution in [2.45, 2.75) is 19.1 Å². The van der Waals surface area contributed by atoms with Crippen molar-refractivity contribution in [3.05, 3.63) is 56.2 Å². The Hall–Kier alpha value is -1.12. The van der Waals surface area contributed by atoms with Crippen LogP contribution >= 0.6 is 27.3 Å². The van der Waals surface area contributed by atoms with Gasteiger partial charge in [0.2, 0.25) is 5.79 Å². The third-order valence-electron chi connectivity index (χ3n) is 3.37. The Morgan fingerprint density at radius 3 is 2.67 bits per heavy atom. The second-order valence-corrected chi connectivity index (χ2v) is 6.59. The molecule has 2 heterocycles. The van der Waals surface area contributed by atoms with Crippen LogP contribution in [0, 0.1) is 11.8 Å². The second kappa shape index (κ2) is 6.33. The lowest BCUT2D eigenvalue weighted by Crippen LogP contribution is -2.24. The summed E-state index contributed by atoms with van der Waals surface area (Å²) >= 11 is 5.10. The van der Waals surface area contributed by atoms with Gasteiger partial charge in [-0.1, -0.05) is 40.8 Å². The SMILES string of the molecule is CCC1(c2cc(C#Cc3cccc(Br)c3)cs2)OCCO1. The normalized spacial score (nSPS) is 16.5. The van der Waals surface area contributed by atoms with Gasteiger partial charge in [-0.3, -0.25) is 0 Å². The predicted octanol–water partition coefficient (Wildman–Crippen LogP) is 4.52. The van der Waals surface area contributed by atoms with Gasteiger partial charge < -0.3 is 9.47 Å². The summed E-state index contributed by atoms with van der Waals surface area (Å²) in [6, 6.07) is 10.1. The smallest absolute Gasteiger partial charge is 0.204 e. The lowest BCUT2D eigenvalue weighted by atomic mass is 10.1. The van der Waals surface area contributed by atoms with Crippen LogP contribution in [0.5, 0.6) is 0 Å². The molecule has 1 aromatic carbocycles. The highest BCUT2D eigenvalue weighted by Crippen LogP contribution is 2.38. The molecule has 3 rings (SSSR count). The maximum atomic E-state index is 5.80. The fourth-order valence-electron chi connectivity index (χ4n) is 2.29. The van der Waals surface area contributed by atoms with Crippen molar-refractivity contribution in [1.29, 1.82) is 0 Å². The number of thiophene rings is 1. The zero-order valence-electron chi connectivity index (χ0n) is 11.7. The molecule has 0 unspecified atom stereocenters. The van der Waals surface area contributed by atoms with Crippen LogP contribution in [-0.4, -0.2) is 13.2 Å². The Balaban J connectivity index is 1.83. The second-order valence-electron chi connectivity index (χ2n) is 4.76. The number of halogens is 1. The Kier molecular flexibility index (Phi) is 4.46. The predicted molar refractivity (Wildman–Crippen MR) is 88.3 cm³/mol. The molecule has 1 aromatic heterocycles. The first-order valence-corrected chi connectivity index (χ1v) is 8.54. The number of ether oxygens (including phenoxy) is 2. The maximum absolute atomic E-state index is 5.80. The molecule has 0 N–H and O–H groups in total. The Morgan fingerprint density at radius 1 is 1.19 bits per heavy atom. The minimum atomic E-state index is -0.555. The van der Waals surface area contributed by atoms with Crippen LogP contribution in [0.1, 0.15) is 29.3 Å². The molecule has 1 saturated heterocycles. The van der Waals surface area contributed by atoms with E-state index in [1.54, 1.807) is 11.3 Å². The highest BCUT2D eigenvalue weighted by atomic mass is 79.9. The van der Waals surface area contributed by atoms with Crippen molar-refractivity contribution < 1.29 is 9.47 Å². The van der Waals surface area contributed by atoms with E-state index in [1.165, 1.54) is 0 Å². The minimum Gasteiger partial charge on any atom is -0.343 e. The van der Waals surface area contributed by atoms with E-state index in [-0.39, 0.29) is 0 Å². The average molecular weight is 363 g/mol. The van der Waals surface area contributed by atoms with Gasteiger partial charge in [-0.05, 0) is 24.3 Å². The lowest BCUT2D eigenvalue weighted by molar-refractivity contribution is -0.164. The van der Waals surface area contributed by atoms with Crippen LogP contribution in [0.3, 0.4) is 0 Å². The Bertz CT molecular complexity index is 690. The largest absolute Gasteiger partial charge is 0.343 e. The summed E-state index contributed by atoms with van der Waals surface area (Å²) in [6.45, 7) is 3.40. The van der Waals surface area contributed by atoms with E-state index in [9.17, 15) is 0 Å². The van der Waals surface area contributed by atoms with Crippen LogP contribution in [0.2, 0.25) is 0 Å². The molecule has 0 saturated carbocycles. The summed E-state index contributed by atoms with van der Waals surface area (Å²) < 4.78 is 12.6. The fraction of sp³-hybridized carbons (Fsp3) is 0.294.